The monoisotopic (exact) mass is 454 g/mol. The molecule has 4 rings (SSSR count). The van der Waals surface area contributed by atoms with Crippen molar-refractivity contribution < 1.29 is 14.3 Å². The fraction of sp³-hybridized carbons (Fsp3) is 0.136. The summed E-state index contributed by atoms with van der Waals surface area (Å²) in [5.74, 6) is -0.162. The Labute approximate surface area is 187 Å². The Hall–Kier alpha value is -3.36. The zero-order valence-corrected chi connectivity index (χ0v) is 18.4. The summed E-state index contributed by atoms with van der Waals surface area (Å²) in [4.78, 5) is 30.0. The number of carbonyl (C=O) groups is 2. The van der Waals surface area contributed by atoms with E-state index in [4.69, 9.17) is 16.3 Å². The Morgan fingerprint density at radius 2 is 1.81 bits per heavy atom. The third-order valence-electron chi connectivity index (χ3n) is 4.65. The zero-order valence-electron chi connectivity index (χ0n) is 16.8. The highest BCUT2D eigenvalue weighted by Gasteiger charge is 2.18. The van der Waals surface area contributed by atoms with E-state index in [-0.39, 0.29) is 6.61 Å². The Morgan fingerprint density at radius 1 is 1.10 bits per heavy atom. The molecule has 0 bridgehead atoms. The van der Waals surface area contributed by atoms with Crippen molar-refractivity contribution in [3.05, 3.63) is 80.9 Å². The number of fused-ring (bicyclic) bond motifs is 1. The topological polar surface area (TPSA) is 85.2 Å². The van der Waals surface area contributed by atoms with Gasteiger partial charge in [0.2, 0.25) is 0 Å². The summed E-state index contributed by atoms with van der Waals surface area (Å²) in [5, 5.41) is 2.09. The number of hydrogen-bond donors (Lipinski definition) is 2. The Bertz CT molecular complexity index is 1260. The van der Waals surface area contributed by atoms with Crippen LogP contribution in [0.5, 0.6) is 5.75 Å². The maximum Gasteiger partial charge on any atom is 0.281 e. The summed E-state index contributed by atoms with van der Waals surface area (Å²) in [6, 6.07) is 14.6. The SMILES string of the molecule is Cc1nc(COc2ccc(Cl)cc2)sc1C(=O)NNC(=O)c1cn(C)c2ccccc12. The molecule has 2 heterocycles. The van der Waals surface area contributed by atoms with E-state index < -0.39 is 11.8 Å². The molecule has 0 spiro atoms. The summed E-state index contributed by atoms with van der Waals surface area (Å²) in [6.07, 6.45) is 1.73. The van der Waals surface area contributed by atoms with Crippen LogP contribution in [0, 0.1) is 6.92 Å². The van der Waals surface area contributed by atoms with Gasteiger partial charge in [0.15, 0.2) is 0 Å². The maximum atomic E-state index is 12.6. The van der Waals surface area contributed by atoms with E-state index in [9.17, 15) is 9.59 Å². The molecule has 31 heavy (non-hydrogen) atoms. The summed E-state index contributed by atoms with van der Waals surface area (Å²) in [7, 11) is 1.87. The van der Waals surface area contributed by atoms with Crippen molar-refractivity contribution in [1.29, 1.82) is 0 Å². The number of nitrogens with zero attached hydrogens (tertiary/aromatic N) is 2. The van der Waals surface area contributed by atoms with Gasteiger partial charge in [-0.2, -0.15) is 0 Å². The van der Waals surface area contributed by atoms with E-state index >= 15 is 0 Å². The van der Waals surface area contributed by atoms with Crippen LogP contribution in [-0.2, 0) is 13.7 Å². The van der Waals surface area contributed by atoms with Crippen LogP contribution >= 0.6 is 22.9 Å². The molecule has 0 fully saturated rings. The standard InChI is InChI=1S/C22H19ClN4O3S/c1-13-20(31-19(24-13)12-30-15-9-7-14(23)8-10-15)22(29)26-25-21(28)17-11-27(2)18-6-4-3-5-16(17)18/h3-11H,12H2,1-2H3,(H,25,28)(H,26,29). The molecule has 0 saturated heterocycles. The van der Waals surface area contributed by atoms with Gasteiger partial charge in [0.25, 0.3) is 11.8 Å². The van der Waals surface area contributed by atoms with Crippen molar-refractivity contribution >= 4 is 45.7 Å². The lowest BCUT2D eigenvalue weighted by Gasteiger charge is -2.06. The van der Waals surface area contributed by atoms with Crippen LogP contribution in [0.1, 0.15) is 30.7 Å². The third-order valence-corrected chi connectivity index (χ3v) is 6.04. The maximum absolute atomic E-state index is 12.6. The van der Waals surface area contributed by atoms with Crippen molar-refractivity contribution in [3.63, 3.8) is 0 Å². The van der Waals surface area contributed by atoms with E-state index in [2.05, 4.69) is 15.8 Å². The lowest BCUT2D eigenvalue weighted by molar-refractivity contribution is 0.0849. The molecule has 2 aromatic carbocycles. The molecular weight excluding hydrogens is 436 g/mol. The minimum absolute atomic E-state index is 0.225. The first-order chi connectivity index (χ1) is 14.9. The van der Waals surface area contributed by atoms with Crippen LogP contribution < -0.4 is 15.6 Å². The van der Waals surface area contributed by atoms with Crippen LogP contribution in [0.25, 0.3) is 10.9 Å². The fourth-order valence-corrected chi connectivity index (χ4v) is 4.16. The number of carbonyl (C=O) groups excluding carboxylic acids is 2. The quantitative estimate of drug-likeness (QED) is 0.441. The predicted molar refractivity (Wildman–Crippen MR) is 120 cm³/mol. The molecule has 0 radical (unpaired) electrons. The third kappa shape index (κ3) is 4.55. The second-order valence-corrected chi connectivity index (χ2v) is 8.36. The van der Waals surface area contributed by atoms with E-state index in [0.717, 1.165) is 10.9 Å². The largest absolute Gasteiger partial charge is 0.486 e. The lowest BCUT2D eigenvalue weighted by atomic mass is 10.2. The molecule has 2 amide bonds. The highest BCUT2D eigenvalue weighted by Crippen LogP contribution is 2.22. The predicted octanol–water partition coefficient (Wildman–Crippen LogP) is 4.25. The second kappa shape index (κ2) is 8.79. The van der Waals surface area contributed by atoms with Gasteiger partial charge in [-0.05, 0) is 37.3 Å². The van der Waals surface area contributed by atoms with E-state index in [1.807, 2.05) is 35.9 Å². The fourth-order valence-electron chi connectivity index (χ4n) is 3.16. The minimum Gasteiger partial charge on any atom is -0.486 e. The average molecular weight is 455 g/mol. The Kier molecular flexibility index (Phi) is 5.92. The molecule has 4 aromatic rings. The smallest absolute Gasteiger partial charge is 0.281 e. The van der Waals surface area contributed by atoms with Crippen LogP contribution in [0.2, 0.25) is 5.02 Å². The van der Waals surface area contributed by atoms with Gasteiger partial charge < -0.3 is 9.30 Å². The first kappa shape index (κ1) is 20.9. The van der Waals surface area contributed by atoms with Crippen LogP contribution in [-0.4, -0.2) is 21.4 Å². The van der Waals surface area contributed by atoms with Gasteiger partial charge in [0.1, 0.15) is 22.2 Å². The van der Waals surface area contributed by atoms with Crippen molar-refractivity contribution in [2.24, 2.45) is 7.05 Å². The molecule has 7 nitrogen and oxygen atoms in total. The molecule has 9 heteroatoms. The van der Waals surface area contributed by atoms with E-state index in [0.29, 0.717) is 31.9 Å². The molecule has 0 atom stereocenters. The van der Waals surface area contributed by atoms with Crippen molar-refractivity contribution in [3.8, 4) is 5.75 Å². The number of nitrogens with one attached hydrogen (secondary N) is 2. The highest BCUT2D eigenvalue weighted by molar-refractivity contribution is 7.13. The normalized spacial score (nSPS) is 10.8. The lowest BCUT2D eigenvalue weighted by Crippen LogP contribution is -2.41. The summed E-state index contributed by atoms with van der Waals surface area (Å²) < 4.78 is 7.55. The van der Waals surface area contributed by atoms with Gasteiger partial charge in [-0.25, -0.2) is 4.98 Å². The first-order valence-corrected chi connectivity index (χ1v) is 10.6. The van der Waals surface area contributed by atoms with Crippen molar-refractivity contribution in [2.45, 2.75) is 13.5 Å². The number of ether oxygens (including phenoxy) is 1. The first-order valence-electron chi connectivity index (χ1n) is 9.42. The Morgan fingerprint density at radius 3 is 2.58 bits per heavy atom. The van der Waals surface area contributed by atoms with Crippen molar-refractivity contribution in [1.82, 2.24) is 20.4 Å². The van der Waals surface area contributed by atoms with Gasteiger partial charge in [0.05, 0.1) is 11.3 Å². The molecule has 2 aromatic heterocycles. The number of aryl methyl sites for hydroxylation is 2. The number of rotatable bonds is 5. The molecule has 0 aliphatic rings. The number of thiazole rings is 1. The van der Waals surface area contributed by atoms with Crippen LogP contribution in [0.15, 0.2) is 54.7 Å². The summed E-state index contributed by atoms with van der Waals surface area (Å²) in [5.41, 5.74) is 6.94. The molecular formula is C22H19ClN4O3S. The van der Waals surface area contributed by atoms with Gasteiger partial charge >= 0.3 is 0 Å². The molecule has 158 valence electrons. The van der Waals surface area contributed by atoms with Gasteiger partial charge in [0, 0.05) is 29.2 Å². The number of hydrazine groups is 1. The molecule has 0 aliphatic carbocycles. The van der Waals surface area contributed by atoms with Gasteiger partial charge in [-0.15, -0.1) is 11.3 Å². The molecule has 0 unspecified atom stereocenters. The number of aromatic nitrogens is 2. The van der Waals surface area contributed by atoms with Crippen molar-refractivity contribution in [2.75, 3.05) is 0 Å². The average Bonchev–Trinajstić information content (AvgIpc) is 3.31. The number of benzene rings is 2. The van der Waals surface area contributed by atoms with Gasteiger partial charge in [-0.3, -0.25) is 20.4 Å². The van der Waals surface area contributed by atoms with Gasteiger partial charge in [-0.1, -0.05) is 29.8 Å². The minimum atomic E-state index is -0.429. The molecule has 0 aliphatic heterocycles. The number of amides is 2. The Balaban J connectivity index is 1.39. The zero-order chi connectivity index (χ0) is 22.0. The van der Waals surface area contributed by atoms with E-state index in [1.165, 1.54) is 11.3 Å². The van der Waals surface area contributed by atoms with Crippen LogP contribution in [0.3, 0.4) is 0 Å². The number of para-hydroxylation sites is 1. The number of hydrogen-bond acceptors (Lipinski definition) is 5. The molecule has 2 N–H and O–H groups in total. The van der Waals surface area contributed by atoms with Crippen LogP contribution in [0.4, 0.5) is 0 Å². The summed E-state index contributed by atoms with van der Waals surface area (Å²) >= 11 is 7.08. The number of halogens is 1. The molecule has 0 saturated carbocycles. The summed E-state index contributed by atoms with van der Waals surface area (Å²) in [6.45, 7) is 1.96. The highest BCUT2D eigenvalue weighted by atomic mass is 35.5. The second-order valence-electron chi connectivity index (χ2n) is 6.84. The van der Waals surface area contributed by atoms with E-state index in [1.54, 1.807) is 37.4 Å².